The van der Waals surface area contributed by atoms with E-state index in [9.17, 15) is 4.79 Å². The minimum Gasteiger partial charge on any atom is -0.479 e. The molecule has 1 N–H and O–H groups in total. The summed E-state index contributed by atoms with van der Waals surface area (Å²) in [4.78, 5) is 13.7. The molecule has 1 amide bonds. The van der Waals surface area contributed by atoms with E-state index in [2.05, 4.69) is 38.7 Å². The van der Waals surface area contributed by atoms with E-state index < -0.39 is 0 Å². The van der Waals surface area contributed by atoms with Crippen molar-refractivity contribution in [2.45, 2.75) is 38.3 Å². The Balaban J connectivity index is 1.53. The second-order valence-corrected chi connectivity index (χ2v) is 7.74. The fourth-order valence-electron chi connectivity index (χ4n) is 3.61. The van der Waals surface area contributed by atoms with Crippen LogP contribution in [0, 0.1) is 0 Å². The predicted molar refractivity (Wildman–Crippen MR) is 104 cm³/mol. The van der Waals surface area contributed by atoms with E-state index in [1.807, 2.05) is 0 Å². The monoisotopic (exact) mass is 385 g/mol. The number of hydrogen-bond donors (Lipinski definition) is 1. The van der Waals surface area contributed by atoms with Crippen molar-refractivity contribution in [1.29, 1.82) is 0 Å². The van der Waals surface area contributed by atoms with E-state index in [-0.39, 0.29) is 5.91 Å². The highest BCUT2D eigenvalue weighted by Gasteiger charge is 2.23. The highest BCUT2D eigenvalue weighted by Crippen LogP contribution is 2.35. The number of rotatable bonds is 6. The predicted octanol–water partition coefficient (Wildman–Crippen LogP) is 3.40. The lowest BCUT2D eigenvalue weighted by Gasteiger charge is -2.13. The second kappa shape index (κ2) is 7.56. The molecule has 0 aliphatic heterocycles. The van der Waals surface area contributed by atoms with E-state index in [1.165, 1.54) is 37.7 Å². The van der Waals surface area contributed by atoms with Crippen LogP contribution in [0.1, 0.15) is 47.8 Å². The van der Waals surface area contributed by atoms with Gasteiger partial charge in [-0.05, 0) is 30.4 Å². The van der Waals surface area contributed by atoms with Gasteiger partial charge in [-0.2, -0.15) is 5.10 Å². The van der Waals surface area contributed by atoms with E-state index in [0.717, 1.165) is 11.4 Å². The molecule has 1 aliphatic carbocycles. The number of aryl methyl sites for hydroxylation is 1. The van der Waals surface area contributed by atoms with Crippen LogP contribution in [0.3, 0.4) is 0 Å². The van der Waals surface area contributed by atoms with Crippen molar-refractivity contribution in [3.8, 4) is 16.5 Å². The molecule has 3 aromatic rings. The van der Waals surface area contributed by atoms with Crippen LogP contribution in [-0.4, -0.2) is 32.6 Å². The van der Waals surface area contributed by atoms with Crippen LogP contribution in [0.2, 0.25) is 0 Å². The zero-order valence-corrected chi connectivity index (χ0v) is 16.3. The van der Waals surface area contributed by atoms with E-state index in [4.69, 9.17) is 9.84 Å². The van der Waals surface area contributed by atoms with Gasteiger partial charge in [-0.1, -0.05) is 18.9 Å². The minimum absolute atomic E-state index is 0.215. The van der Waals surface area contributed by atoms with Gasteiger partial charge in [-0.3, -0.25) is 14.2 Å². The van der Waals surface area contributed by atoms with Gasteiger partial charge < -0.3 is 10.1 Å². The Bertz CT molecular complexity index is 922. The number of amides is 1. The lowest BCUT2D eigenvalue weighted by Crippen LogP contribution is -2.23. The molecule has 7 nitrogen and oxygen atoms in total. The molecule has 1 saturated carbocycles. The van der Waals surface area contributed by atoms with E-state index in [1.54, 1.807) is 29.3 Å². The standard InChI is InChI=1S/C19H23N5O2S/c1-23-12-15(19(22-23)26-2)18(25)20-11-13-10-16(17-8-5-9-27-17)24(21-13)14-6-3-4-7-14/h5,8-10,12,14H,3-4,6-7,11H2,1-2H3,(H,20,25). The molecule has 0 saturated heterocycles. The summed E-state index contributed by atoms with van der Waals surface area (Å²) in [6.07, 6.45) is 6.49. The molecule has 0 bridgehead atoms. The SMILES string of the molecule is COc1nn(C)cc1C(=O)NCc1cc(-c2cccs2)n(C2CCCC2)n1. The topological polar surface area (TPSA) is 74.0 Å². The Morgan fingerprint density at radius 1 is 1.37 bits per heavy atom. The number of thiophene rings is 1. The molecule has 1 fully saturated rings. The maximum atomic E-state index is 12.5. The van der Waals surface area contributed by atoms with Gasteiger partial charge in [0.05, 0.1) is 36.0 Å². The van der Waals surface area contributed by atoms with Crippen molar-refractivity contribution in [2.75, 3.05) is 7.11 Å². The summed E-state index contributed by atoms with van der Waals surface area (Å²) in [6.45, 7) is 0.370. The molecule has 0 spiro atoms. The lowest BCUT2D eigenvalue weighted by molar-refractivity contribution is 0.0947. The van der Waals surface area contributed by atoms with Crippen molar-refractivity contribution in [3.05, 3.63) is 41.0 Å². The van der Waals surface area contributed by atoms with Gasteiger partial charge in [0.1, 0.15) is 5.56 Å². The zero-order valence-electron chi connectivity index (χ0n) is 15.5. The van der Waals surface area contributed by atoms with Gasteiger partial charge in [-0.25, -0.2) is 0 Å². The quantitative estimate of drug-likeness (QED) is 0.706. The summed E-state index contributed by atoms with van der Waals surface area (Å²) < 4.78 is 8.89. The zero-order chi connectivity index (χ0) is 18.8. The molecule has 0 unspecified atom stereocenters. The van der Waals surface area contributed by atoms with Gasteiger partial charge in [0.25, 0.3) is 5.91 Å². The van der Waals surface area contributed by atoms with Crippen LogP contribution in [-0.2, 0) is 13.6 Å². The first-order valence-corrected chi connectivity index (χ1v) is 10.0. The van der Waals surface area contributed by atoms with Crippen LogP contribution in [0.5, 0.6) is 5.88 Å². The summed E-state index contributed by atoms with van der Waals surface area (Å²) in [5.74, 6) is 0.110. The Morgan fingerprint density at radius 2 is 2.19 bits per heavy atom. The third kappa shape index (κ3) is 3.62. The molecular formula is C19H23N5O2S. The van der Waals surface area contributed by atoms with Crippen LogP contribution in [0.25, 0.3) is 10.6 Å². The van der Waals surface area contributed by atoms with Crippen LogP contribution >= 0.6 is 11.3 Å². The molecule has 0 radical (unpaired) electrons. The fourth-order valence-corrected chi connectivity index (χ4v) is 4.34. The fraction of sp³-hybridized carbons (Fsp3) is 0.421. The molecule has 3 aromatic heterocycles. The number of carbonyl (C=O) groups excluding carboxylic acids is 1. The molecule has 27 heavy (non-hydrogen) atoms. The second-order valence-electron chi connectivity index (χ2n) is 6.79. The van der Waals surface area contributed by atoms with Crippen molar-refractivity contribution in [2.24, 2.45) is 7.05 Å². The van der Waals surface area contributed by atoms with Crippen LogP contribution < -0.4 is 10.1 Å². The van der Waals surface area contributed by atoms with E-state index in [0.29, 0.717) is 24.0 Å². The minimum atomic E-state index is -0.215. The molecule has 142 valence electrons. The highest BCUT2D eigenvalue weighted by molar-refractivity contribution is 7.13. The number of hydrogen-bond acceptors (Lipinski definition) is 5. The maximum absolute atomic E-state index is 12.5. The molecule has 3 heterocycles. The smallest absolute Gasteiger partial charge is 0.258 e. The summed E-state index contributed by atoms with van der Waals surface area (Å²) in [6, 6.07) is 6.72. The molecule has 4 rings (SSSR count). The first kappa shape index (κ1) is 17.8. The van der Waals surface area contributed by atoms with Crippen LogP contribution in [0.15, 0.2) is 29.8 Å². The Hall–Kier alpha value is -2.61. The van der Waals surface area contributed by atoms with Gasteiger partial charge >= 0.3 is 0 Å². The third-order valence-corrected chi connectivity index (χ3v) is 5.79. The average Bonchev–Trinajstić information content (AvgIpc) is 3.45. The number of ether oxygens (including phenoxy) is 1. The molecular weight excluding hydrogens is 362 g/mol. The number of carbonyl (C=O) groups is 1. The van der Waals surface area contributed by atoms with Crippen LogP contribution in [0.4, 0.5) is 0 Å². The first-order valence-electron chi connectivity index (χ1n) is 9.14. The molecule has 8 heteroatoms. The molecule has 0 atom stereocenters. The van der Waals surface area contributed by atoms with E-state index >= 15 is 0 Å². The normalized spacial score (nSPS) is 14.6. The van der Waals surface area contributed by atoms with Crippen molar-refractivity contribution >= 4 is 17.2 Å². The number of nitrogens with one attached hydrogen (secondary N) is 1. The maximum Gasteiger partial charge on any atom is 0.258 e. The highest BCUT2D eigenvalue weighted by atomic mass is 32.1. The third-order valence-electron chi connectivity index (χ3n) is 4.89. The Morgan fingerprint density at radius 3 is 2.89 bits per heavy atom. The molecule has 0 aromatic carbocycles. The lowest BCUT2D eigenvalue weighted by atomic mass is 10.2. The van der Waals surface area contributed by atoms with Gasteiger partial charge in [0, 0.05) is 13.2 Å². The number of aromatic nitrogens is 4. The van der Waals surface area contributed by atoms with Gasteiger partial charge in [-0.15, -0.1) is 16.4 Å². The van der Waals surface area contributed by atoms with Crippen molar-refractivity contribution < 1.29 is 9.53 Å². The van der Waals surface area contributed by atoms with Crippen molar-refractivity contribution in [1.82, 2.24) is 24.9 Å². The average molecular weight is 385 g/mol. The first-order chi connectivity index (χ1) is 13.2. The Kier molecular flexibility index (Phi) is 4.98. The van der Waals surface area contributed by atoms with Gasteiger partial charge in [0.2, 0.25) is 5.88 Å². The largest absolute Gasteiger partial charge is 0.479 e. The summed E-state index contributed by atoms with van der Waals surface area (Å²) in [5.41, 5.74) is 2.43. The molecule has 1 aliphatic rings. The summed E-state index contributed by atoms with van der Waals surface area (Å²) in [7, 11) is 3.27. The Labute approximate surface area is 162 Å². The number of nitrogens with zero attached hydrogens (tertiary/aromatic N) is 4. The van der Waals surface area contributed by atoms with Gasteiger partial charge in [0.15, 0.2) is 0 Å². The van der Waals surface area contributed by atoms with Crippen molar-refractivity contribution in [3.63, 3.8) is 0 Å². The summed E-state index contributed by atoms with van der Waals surface area (Å²) in [5, 5.41) is 14.0. The number of methoxy groups -OCH3 is 1. The summed E-state index contributed by atoms with van der Waals surface area (Å²) >= 11 is 1.72.